The van der Waals surface area contributed by atoms with Gasteiger partial charge in [-0.15, -0.1) is 0 Å². The van der Waals surface area contributed by atoms with Crippen LogP contribution in [0.15, 0.2) is 24.5 Å². The Hall–Kier alpha value is -1.36. The zero-order chi connectivity index (χ0) is 13.3. The standard InChI is InChI=1S/C13H15BrN2O2/c1-13(2,3)18-12(17)16-7-5-10-9(8-14)4-6-15-11(10)16/h4-7H,8H2,1-3H3. The van der Waals surface area contributed by atoms with E-state index in [1.54, 1.807) is 12.4 Å². The molecule has 0 unspecified atom stereocenters. The highest BCUT2D eigenvalue weighted by molar-refractivity contribution is 9.08. The van der Waals surface area contributed by atoms with Crippen LogP contribution in [0.25, 0.3) is 11.0 Å². The Kier molecular flexibility index (Phi) is 3.43. The van der Waals surface area contributed by atoms with E-state index in [9.17, 15) is 4.79 Å². The first-order valence-corrected chi connectivity index (χ1v) is 6.79. The molecule has 0 aliphatic rings. The highest BCUT2D eigenvalue weighted by Crippen LogP contribution is 2.21. The second kappa shape index (κ2) is 4.72. The second-order valence-corrected chi connectivity index (χ2v) is 5.57. The van der Waals surface area contributed by atoms with Gasteiger partial charge in [-0.25, -0.2) is 14.3 Å². The number of aromatic nitrogens is 2. The second-order valence-electron chi connectivity index (χ2n) is 5.01. The van der Waals surface area contributed by atoms with Gasteiger partial charge >= 0.3 is 6.09 Å². The Morgan fingerprint density at radius 2 is 2.17 bits per heavy atom. The van der Waals surface area contributed by atoms with Crippen LogP contribution in [-0.2, 0) is 10.1 Å². The molecule has 0 aliphatic carbocycles. The summed E-state index contributed by atoms with van der Waals surface area (Å²) in [7, 11) is 0. The predicted molar refractivity (Wildman–Crippen MR) is 74.0 cm³/mol. The smallest absolute Gasteiger partial charge is 0.420 e. The number of rotatable bonds is 1. The van der Waals surface area contributed by atoms with Crippen LogP contribution in [0.2, 0.25) is 0 Å². The first kappa shape index (κ1) is 13.1. The van der Waals surface area contributed by atoms with Crippen molar-refractivity contribution in [3.63, 3.8) is 0 Å². The largest absolute Gasteiger partial charge is 0.443 e. The SMILES string of the molecule is CC(C)(C)OC(=O)n1ccc2c(CBr)ccnc21. The lowest BCUT2D eigenvalue weighted by atomic mass is 10.2. The number of carbonyl (C=O) groups is 1. The van der Waals surface area contributed by atoms with Gasteiger partial charge in [0.1, 0.15) is 11.2 Å². The zero-order valence-corrected chi connectivity index (χ0v) is 12.2. The van der Waals surface area contributed by atoms with E-state index in [0.717, 1.165) is 16.3 Å². The topological polar surface area (TPSA) is 44.1 Å². The van der Waals surface area contributed by atoms with Gasteiger partial charge in [0, 0.05) is 23.1 Å². The molecule has 0 amide bonds. The maximum atomic E-state index is 12.0. The number of ether oxygens (including phenoxy) is 1. The number of hydrogen-bond acceptors (Lipinski definition) is 3. The van der Waals surface area contributed by atoms with E-state index in [1.807, 2.05) is 32.9 Å². The van der Waals surface area contributed by atoms with Gasteiger partial charge in [-0.05, 0) is 38.5 Å². The number of halogens is 1. The summed E-state index contributed by atoms with van der Waals surface area (Å²) in [6.07, 6.45) is 2.98. The molecule has 2 aromatic heterocycles. The number of pyridine rings is 1. The maximum absolute atomic E-state index is 12.0. The quantitative estimate of drug-likeness (QED) is 0.754. The summed E-state index contributed by atoms with van der Waals surface area (Å²) >= 11 is 3.42. The first-order chi connectivity index (χ1) is 8.42. The van der Waals surface area contributed by atoms with E-state index in [4.69, 9.17) is 4.74 Å². The summed E-state index contributed by atoms with van der Waals surface area (Å²) in [4.78, 5) is 16.3. The van der Waals surface area contributed by atoms with Crippen LogP contribution in [0.4, 0.5) is 4.79 Å². The van der Waals surface area contributed by atoms with E-state index < -0.39 is 11.7 Å². The first-order valence-electron chi connectivity index (χ1n) is 5.66. The van der Waals surface area contributed by atoms with Crippen molar-refractivity contribution in [1.82, 2.24) is 9.55 Å². The molecule has 5 heteroatoms. The van der Waals surface area contributed by atoms with Crippen LogP contribution in [0.1, 0.15) is 26.3 Å². The molecule has 0 aromatic carbocycles. The molecular weight excluding hydrogens is 296 g/mol. The van der Waals surface area contributed by atoms with Gasteiger partial charge in [0.05, 0.1) is 0 Å². The lowest BCUT2D eigenvalue weighted by Gasteiger charge is -2.19. The van der Waals surface area contributed by atoms with Crippen molar-refractivity contribution in [2.75, 3.05) is 0 Å². The molecule has 0 atom stereocenters. The molecule has 0 bridgehead atoms. The van der Waals surface area contributed by atoms with Gasteiger partial charge in [0.15, 0.2) is 0 Å². The molecule has 0 N–H and O–H groups in total. The minimum atomic E-state index is -0.513. The Labute approximate surface area is 114 Å². The molecule has 0 radical (unpaired) electrons. The third kappa shape index (κ3) is 2.56. The lowest BCUT2D eigenvalue weighted by molar-refractivity contribution is 0.0543. The van der Waals surface area contributed by atoms with Gasteiger partial charge in [-0.3, -0.25) is 0 Å². The number of alkyl halides is 1. The molecule has 96 valence electrons. The Morgan fingerprint density at radius 1 is 1.44 bits per heavy atom. The Morgan fingerprint density at radius 3 is 2.78 bits per heavy atom. The van der Waals surface area contributed by atoms with Crippen LogP contribution in [0.5, 0.6) is 0 Å². The average molecular weight is 311 g/mol. The third-order valence-electron chi connectivity index (χ3n) is 2.41. The minimum absolute atomic E-state index is 0.406. The molecule has 0 aliphatic heterocycles. The van der Waals surface area contributed by atoms with Crippen molar-refractivity contribution in [3.8, 4) is 0 Å². The molecule has 2 rings (SSSR count). The van der Waals surface area contributed by atoms with Crippen molar-refractivity contribution < 1.29 is 9.53 Å². The van der Waals surface area contributed by atoms with E-state index in [1.165, 1.54) is 4.57 Å². The van der Waals surface area contributed by atoms with Gasteiger partial charge in [0.2, 0.25) is 0 Å². The molecule has 0 fully saturated rings. The molecule has 0 spiro atoms. The van der Waals surface area contributed by atoms with Crippen molar-refractivity contribution in [2.24, 2.45) is 0 Å². The van der Waals surface area contributed by atoms with Gasteiger partial charge in [-0.2, -0.15) is 0 Å². The highest BCUT2D eigenvalue weighted by atomic mass is 79.9. The van der Waals surface area contributed by atoms with Crippen LogP contribution in [0.3, 0.4) is 0 Å². The number of hydrogen-bond donors (Lipinski definition) is 0. The molecule has 0 saturated carbocycles. The van der Waals surface area contributed by atoms with Gasteiger partial charge in [0.25, 0.3) is 0 Å². The summed E-state index contributed by atoms with van der Waals surface area (Å²) in [5, 5.41) is 1.69. The summed E-state index contributed by atoms with van der Waals surface area (Å²) in [5.74, 6) is 0. The van der Waals surface area contributed by atoms with Crippen LogP contribution >= 0.6 is 15.9 Å². The van der Waals surface area contributed by atoms with Crippen LogP contribution < -0.4 is 0 Å². The molecule has 2 heterocycles. The fraction of sp³-hybridized carbons (Fsp3) is 0.385. The fourth-order valence-corrected chi connectivity index (χ4v) is 2.16. The predicted octanol–water partition coefficient (Wildman–Crippen LogP) is 3.71. The molecule has 4 nitrogen and oxygen atoms in total. The van der Waals surface area contributed by atoms with E-state index in [0.29, 0.717) is 5.65 Å². The van der Waals surface area contributed by atoms with E-state index >= 15 is 0 Å². The third-order valence-corrected chi connectivity index (χ3v) is 3.02. The average Bonchev–Trinajstić information content (AvgIpc) is 2.69. The number of carbonyl (C=O) groups excluding carboxylic acids is 1. The van der Waals surface area contributed by atoms with Crippen LogP contribution in [0, 0.1) is 0 Å². The normalized spacial score (nSPS) is 11.8. The van der Waals surface area contributed by atoms with E-state index in [2.05, 4.69) is 20.9 Å². The van der Waals surface area contributed by atoms with E-state index in [-0.39, 0.29) is 0 Å². The minimum Gasteiger partial charge on any atom is -0.443 e. The van der Waals surface area contributed by atoms with Gasteiger partial charge in [-0.1, -0.05) is 15.9 Å². The maximum Gasteiger partial charge on any atom is 0.420 e. The Balaban J connectivity index is 2.44. The monoisotopic (exact) mass is 310 g/mol. The molecule has 18 heavy (non-hydrogen) atoms. The summed E-state index contributed by atoms with van der Waals surface area (Å²) in [6.45, 7) is 5.52. The number of fused-ring (bicyclic) bond motifs is 1. The lowest BCUT2D eigenvalue weighted by Crippen LogP contribution is -2.26. The Bertz CT molecular complexity index is 584. The highest BCUT2D eigenvalue weighted by Gasteiger charge is 2.19. The van der Waals surface area contributed by atoms with Crippen molar-refractivity contribution in [3.05, 3.63) is 30.1 Å². The van der Waals surface area contributed by atoms with Crippen LogP contribution in [-0.4, -0.2) is 21.2 Å². The number of nitrogens with zero attached hydrogens (tertiary/aromatic N) is 2. The van der Waals surface area contributed by atoms with Gasteiger partial charge < -0.3 is 4.74 Å². The fourth-order valence-electron chi connectivity index (χ4n) is 1.67. The summed E-state index contributed by atoms with van der Waals surface area (Å²) < 4.78 is 6.77. The van der Waals surface area contributed by atoms with Crippen molar-refractivity contribution in [2.45, 2.75) is 31.7 Å². The molecule has 2 aromatic rings. The zero-order valence-electron chi connectivity index (χ0n) is 10.6. The summed E-state index contributed by atoms with van der Waals surface area (Å²) in [6, 6.07) is 3.80. The van der Waals surface area contributed by atoms with Crippen molar-refractivity contribution >= 4 is 33.1 Å². The summed E-state index contributed by atoms with van der Waals surface area (Å²) in [5.41, 5.74) is 1.21. The molecular formula is C13H15BrN2O2. The molecule has 0 saturated heterocycles. The van der Waals surface area contributed by atoms with Crippen molar-refractivity contribution in [1.29, 1.82) is 0 Å².